The maximum Gasteiger partial charge on any atom is 0.341 e. The van der Waals surface area contributed by atoms with E-state index >= 15 is 0 Å². The Morgan fingerprint density at radius 3 is 2.42 bits per heavy atom. The number of carbonyl (C=O) groups is 2. The van der Waals surface area contributed by atoms with Crippen LogP contribution in [0, 0.1) is 0 Å². The molecule has 1 aliphatic heterocycles. The fourth-order valence-electron chi connectivity index (χ4n) is 4.91. The van der Waals surface area contributed by atoms with Crippen LogP contribution in [-0.4, -0.2) is 38.7 Å². The van der Waals surface area contributed by atoms with Crippen LogP contribution >= 0.6 is 0 Å². The van der Waals surface area contributed by atoms with Crippen LogP contribution in [0.5, 0.6) is 5.75 Å². The lowest BCUT2D eigenvalue weighted by atomic mass is 9.77. The third kappa shape index (κ3) is 5.67. The van der Waals surface area contributed by atoms with Crippen molar-refractivity contribution in [2.24, 2.45) is 5.73 Å². The molecule has 6 nitrogen and oxygen atoms in total. The number of nitrogens with zero attached hydrogens (tertiary/aromatic N) is 1. The number of carbonyl (C=O) groups excluding carboxylic acids is 2. The molecule has 0 aromatic heterocycles. The van der Waals surface area contributed by atoms with E-state index in [9.17, 15) is 9.59 Å². The third-order valence-electron chi connectivity index (χ3n) is 6.42. The molecule has 0 bridgehead atoms. The van der Waals surface area contributed by atoms with E-state index in [0.29, 0.717) is 11.3 Å². The first-order valence-corrected chi connectivity index (χ1v) is 12.0. The van der Waals surface area contributed by atoms with E-state index in [1.54, 1.807) is 25.1 Å². The molecular weight excluding hydrogens is 416 g/mol. The summed E-state index contributed by atoms with van der Waals surface area (Å²) in [6.45, 7) is 6.22. The molecule has 1 heterocycles. The summed E-state index contributed by atoms with van der Waals surface area (Å²) in [5.41, 5.74) is 9.45. The van der Waals surface area contributed by atoms with E-state index in [0.717, 1.165) is 37.1 Å². The van der Waals surface area contributed by atoms with Gasteiger partial charge in [-0.1, -0.05) is 37.6 Å². The fourth-order valence-corrected chi connectivity index (χ4v) is 4.91. The van der Waals surface area contributed by atoms with Crippen LogP contribution in [0.3, 0.4) is 0 Å². The Hall–Kier alpha value is -3.02. The topological polar surface area (TPSA) is 81.9 Å². The number of hydrogen-bond donors (Lipinski definition) is 1. The SMILES string of the molecule is CCCC(c1ccccc1N1CCCCC1)C(C(N)=O)c1ccc(C(=O)OCC)c(OC)c1. The number of ether oxygens (including phenoxy) is 2. The zero-order valence-electron chi connectivity index (χ0n) is 20.0. The van der Waals surface area contributed by atoms with Gasteiger partial charge in [0, 0.05) is 24.7 Å². The highest BCUT2D eigenvalue weighted by Gasteiger charge is 2.32. The van der Waals surface area contributed by atoms with Crippen molar-refractivity contribution < 1.29 is 19.1 Å². The number of nitrogens with two attached hydrogens (primary N) is 1. The minimum atomic E-state index is -0.541. The molecule has 1 amide bonds. The molecule has 6 heteroatoms. The van der Waals surface area contributed by atoms with Crippen molar-refractivity contribution >= 4 is 17.6 Å². The van der Waals surface area contributed by atoms with Gasteiger partial charge in [0.25, 0.3) is 0 Å². The number of rotatable bonds is 10. The normalized spacial score (nSPS) is 15.5. The van der Waals surface area contributed by atoms with Crippen LogP contribution in [0.1, 0.15) is 79.3 Å². The Kier molecular flexibility index (Phi) is 8.75. The maximum atomic E-state index is 12.9. The van der Waals surface area contributed by atoms with Crippen molar-refractivity contribution in [2.45, 2.75) is 57.8 Å². The first kappa shape index (κ1) is 24.6. The van der Waals surface area contributed by atoms with Gasteiger partial charge in [-0.3, -0.25) is 4.79 Å². The highest BCUT2D eigenvalue weighted by Crippen LogP contribution is 2.42. The van der Waals surface area contributed by atoms with Crippen molar-refractivity contribution in [3.05, 3.63) is 59.2 Å². The third-order valence-corrected chi connectivity index (χ3v) is 6.42. The Labute approximate surface area is 197 Å². The van der Waals surface area contributed by atoms with Crippen LogP contribution in [0.4, 0.5) is 5.69 Å². The quantitative estimate of drug-likeness (QED) is 0.512. The summed E-state index contributed by atoms with van der Waals surface area (Å²) in [5.74, 6) is -1.06. The van der Waals surface area contributed by atoms with Crippen LogP contribution in [0.2, 0.25) is 0 Å². The summed E-state index contributed by atoms with van der Waals surface area (Å²) in [5, 5.41) is 0. The van der Waals surface area contributed by atoms with E-state index in [4.69, 9.17) is 15.2 Å². The summed E-state index contributed by atoms with van der Waals surface area (Å²) in [6.07, 6.45) is 5.35. The molecule has 2 aromatic carbocycles. The van der Waals surface area contributed by atoms with Gasteiger partial charge in [-0.05, 0) is 61.9 Å². The lowest BCUT2D eigenvalue weighted by Crippen LogP contribution is -2.32. The molecule has 2 unspecified atom stereocenters. The summed E-state index contributed by atoms with van der Waals surface area (Å²) in [7, 11) is 1.51. The number of methoxy groups -OCH3 is 1. The molecule has 1 aliphatic rings. The minimum absolute atomic E-state index is 0.0798. The number of benzene rings is 2. The van der Waals surface area contributed by atoms with Gasteiger partial charge in [-0.25, -0.2) is 4.79 Å². The first-order valence-electron chi connectivity index (χ1n) is 12.0. The van der Waals surface area contributed by atoms with Gasteiger partial charge >= 0.3 is 5.97 Å². The maximum absolute atomic E-state index is 12.9. The first-order chi connectivity index (χ1) is 16.0. The molecule has 3 rings (SSSR count). The van der Waals surface area contributed by atoms with Gasteiger partial charge < -0.3 is 20.1 Å². The molecule has 33 heavy (non-hydrogen) atoms. The summed E-state index contributed by atoms with van der Waals surface area (Å²) < 4.78 is 10.6. The molecule has 0 saturated carbocycles. The molecule has 2 aromatic rings. The van der Waals surface area contributed by atoms with E-state index < -0.39 is 11.9 Å². The molecule has 1 fully saturated rings. The Balaban J connectivity index is 2.06. The van der Waals surface area contributed by atoms with Gasteiger partial charge in [0.1, 0.15) is 11.3 Å². The van der Waals surface area contributed by atoms with E-state index in [1.807, 2.05) is 6.07 Å². The average molecular weight is 453 g/mol. The zero-order valence-corrected chi connectivity index (χ0v) is 20.0. The molecule has 0 aliphatic carbocycles. The zero-order chi connectivity index (χ0) is 23.8. The van der Waals surface area contributed by atoms with Crippen LogP contribution < -0.4 is 15.4 Å². The molecule has 178 valence electrons. The number of piperidine rings is 1. The van der Waals surface area contributed by atoms with Gasteiger partial charge in [0.2, 0.25) is 5.91 Å². The number of anilines is 1. The number of amides is 1. The fraction of sp³-hybridized carbons (Fsp3) is 0.481. The van der Waals surface area contributed by atoms with Gasteiger partial charge in [-0.2, -0.15) is 0 Å². The van der Waals surface area contributed by atoms with Gasteiger partial charge in [-0.15, -0.1) is 0 Å². The van der Waals surface area contributed by atoms with Crippen molar-refractivity contribution in [2.75, 3.05) is 31.7 Å². The van der Waals surface area contributed by atoms with Crippen molar-refractivity contribution in [1.29, 1.82) is 0 Å². The second-order valence-corrected chi connectivity index (χ2v) is 8.56. The second-order valence-electron chi connectivity index (χ2n) is 8.56. The van der Waals surface area contributed by atoms with E-state index in [-0.39, 0.29) is 18.4 Å². The standard InChI is InChI=1S/C27H36N2O4/c1-4-11-21(20-12-7-8-13-23(20)29-16-9-6-10-17-29)25(26(28)30)19-14-15-22(24(18-19)32-3)27(31)33-5-2/h7-8,12-15,18,21,25H,4-6,9-11,16-17H2,1-3H3,(H2,28,30). The van der Waals surface area contributed by atoms with E-state index in [2.05, 4.69) is 30.0 Å². The lowest BCUT2D eigenvalue weighted by Gasteiger charge is -2.34. The van der Waals surface area contributed by atoms with Gasteiger partial charge in [0.05, 0.1) is 19.6 Å². The van der Waals surface area contributed by atoms with Crippen LogP contribution in [0.15, 0.2) is 42.5 Å². The summed E-state index contributed by atoms with van der Waals surface area (Å²) >= 11 is 0. The number of primary amides is 1. The predicted molar refractivity (Wildman–Crippen MR) is 131 cm³/mol. The van der Waals surface area contributed by atoms with Crippen molar-refractivity contribution in [3.8, 4) is 5.75 Å². The molecule has 1 saturated heterocycles. The predicted octanol–water partition coefficient (Wildman–Crippen LogP) is 5.02. The molecular formula is C27H36N2O4. The number of hydrogen-bond acceptors (Lipinski definition) is 5. The largest absolute Gasteiger partial charge is 0.496 e. The Morgan fingerprint density at radius 2 is 1.79 bits per heavy atom. The lowest BCUT2D eigenvalue weighted by molar-refractivity contribution is -0.120. The highest BCUT2D eigenvalue weighted by atomic mass is 16.5. The van der Waals surface area contributed by atoms with Crippen molar-refractivity contribution in [1.82, 2.24) is 0 Å². The summed E-state index contributed by atoms with van der Waals surface area (Å²) in [6, 6.07) is 13.6. The van der Waals surface area contributed by atoms with Crippen LogP contribution in [-0.2, 0) is 9.53 Å². The number of para-hydroxylation sites is 1. The molecule has 2 atom stereocenters. The monoisotopic (exact) mass is 452 g/mol. The average Bonchev–Trinajstić information content (AvgIpc) is 2.84. The Bertz CT molecular complexity index is 953. The minimum Gasteiger partial charge on any atom is -0.496 e. The summed E-state index contributed by atoms with van der Waals surface area (Å²) in [4.78, 5) is 27.6. The molecule has 2 N–H and O–H groups in total. The van der Waals surface area contributed by atoms with Crippen molar-refractivity contribution in [3.63, 3.8) is 0 Å². The smallest absolute Gasteiger partial charge is 0.341 e. The molecule has 0 spiro atoms. The van der Waals surface area contributed by atoms with E-state index in [1.165, 1.54) is 32.1 Å². The van der Waals surface area contributed by atoms with Gasteiger partial charge in [0.15, 0.2) is 0 Å². The molecule has 0 radical (unpaired) electrons. The second kappa shape index (κ2) is 11.7. The van der Waals surface area contributed by atoms with Crippen LogP contribution in [0.25, 0.3) is 0 Å². The number of esters is 1. The Morgan fingerprint density at radius 1 is 1.06 bits per heavy atom. The highest BCUT2D eigenvalue weighted by molar-refractivity contribution is 5.93.